The zero-order chi connectivity index (χ0) is 23.4. The lowest BCUT2D eigenvalue weighted by Crippen LogP contribution is -2.44. The molecule has 6 nitrogen and oxygen atoms in total. The van der Waals surface area contributed by atoms with Crippen molar-refractivity contribution in [2.45, 2.75) is 0 Å². The van der Waals surface area contributed by atoms with Gasteiger partial charge in [0.05, 0.1) is 16.9 Å². The van der Waals surface area contributed by atoms with Crippen LogP contribution >= 0.6 is 11.6 Å². The van der Waals surface area contributed by atoms with E-state index in [1.54, 1.807) is 54.6 Å². The van der Waals surface area contributed by atoms with Crippen LogP contribution in [0.3, 0.4) is 0 Å². The number of ether oxygens (including phenoxy) is 1. The summed E-state index contributed by atoms with van der Waals surface area (Å²) in [6, 6.07) is 19.0. The number of benzene rings is 3. The molecule has 0 saturated heterocycles. The zero-order valence-electron chi connectivity index (χ0n) is 17.3. The molecule has 3 aromatic carbocycles. The van der Waals surface area contributed by atoms with Gasteiger partial charge in [0.1, 0.15) is 12.4 Å². The summed E-state index contributed by atoms with van der Waals surface area (Å²) in [7, 11) is 0. The molecule has 8 heteroatoms. The van der Waals surface area contributed by atoms with Gasteiger partial charge in [0, 0.05) is 5.02 Å². The lowest BCUT2D eigenvalue weighted by atomic mass is 10.0. The predicted octanol–water partition coefficient (Wildman–Crippen LogP) is 4.55. The second kappa shape index (κ2) is 9.67. The lowest BCUT2D eigenvalue weighted by Gasteiger charge is -2.28. The Kier molecular flexibility index (Phi) is 6.51. The monoisotopic (exact) mass is 464 g/mol. The van der Waals surface area contributed by atoms with E-state index in [1.165, 1.54) is 29.2 Å². The van der Waals surface area contributed by atoms with Crippen molar-refractivity contribution in [3.63, 3.8) is 0 Å². The van der Waals surface area contributed by atoms with E-state index in [0.29, 0.717) is 27.5 Å². The SMILES string of the molecule is O=C1CN(C(=O)COC(=O)/C(=C/c2ccc(Cl)cc2)c2ccc(F)cc2)c2ccccc2N1. The summed E-state index contributed by atoms with van der Waals surface area (Å²) in [5, 5.41) is 3.23. The minimum absolute atomic E-state index is 0.141. The number of hydrogen-bond donors (Lipinski definition) is 1. The molecule has 0 aliphatic carbocycles. The molecule has 166 valence electrons. The first-order chi connectivity index (χ1) is 15.9. The third-order valence-electron chi connectivity index (χ3n) is 4.95. The zero-order valence-corrected chi connectivity index (χ0v) is 18.0. The molecule has 0 unspecified atom stereocenters. The summed E-state index contributed by atoms with van der Waals surface area (Å²) in [6.07, 6.45) is 1.57. The molecule has 0 bridgehead atoms. The highest BCUT2D eigenvalue weighted by Crippen LogP contribution is 2.29. The Balaban J connectivity index is 1.55. The molecule has 1 heterocycles. The van der Waals surface area contributed by atoms with Gasteiger partial charge in [-0.05, 0) is 53.6 Å². The van der Waals surface area contributed by atoms with Crippen LogP contribution in [0.2, 0.25) is 5.02 Å². The van der Waals surface area contributed by atoms with E-state index in [4.69, 9.17) is 16.3 Å². The van der Waals surface area contributed by atoms with E-state index >= 15 is 0 Å². The average molecular weight is 465 g/mol. The molecule has 0 saturated carbocycles. The molecule has 2 amide bonds. The summed E-state index contributed by atoms with van der Waals surface area (Å²) in [6.45, 7) is -0.752. The van der Waals surface area contributed by atoms with Crippen molar-refractivity contribution in [1.29, 1.82) is 0 Å². The van der Waals surface area contributed by atoms with Crippen molar-refractivity contribution in [3.8, 4) is 0 Å². The van der Waals surface area contributed by atoms with Gasteiger partial charge in [0.15, 0.2) is 6.61 Å². The van der Waals surface area contributed by atoms with Crippen molar-refractivity contribution in [3.05, 3.63) is 94.8 Å². The van der Waals surface area contributed by atoms with Crippen LogP contribution in [-0.4, -0.2) is 30.9 Å². The number of fused-ring (bicyclic) bond motifs is 1. The number of esters is 1. The smallest absolute Gasteiger partial charge is 0.339 e. The molecule has 3 aromatic rings. The summed E-state index contributed by atoms with van der Waals surface area (Å²) >= 11 is 5.93. The van der Waals surface area contributed by atoms with E-state index < -0.39 is 24.3 Å². The van der Waals surface area contributed by atoms with Crippen LogP contribution in [0, 0.1) is 5.82 Å². The predicted molar refractivity (Wildman–Crippen MR) is 124 cm³/mol. The van der Waals surface area contributed by atoms with Gasteiger partial charge in [0.2, 0.25) is 5.91 Å². The second-order valence-electron chi connectivity index (χ2n) is 7.24. The van der Waals surface area contributed by atoms with Gasteiger partial charge in [-0.2, -0.15) is 0 Å². The fourth-order valence-electron chi connectivity index (χ4n) is 3.35. The standard InChI is InChI=1S/C25H18ClFN2O4/c26-18-9-5-16(6-10-18)13-20(17-7-11-19(27)12-8-17)25(32)33-15-24(31)29-14-23(30)28-21-3-1-2-4-22(21)29/h1-13H,14-15H2,(H,28,30)/b20-13+. The number of nitrogens with zero attached hydrogens (tertiary/aromatic N) is 1. The molecule has 0 spiro atoms. The number of rotatable bonds is 5. The Morgan fingerprint density at radius 2 is 1.73 bits per heavy atom. The lowest BCUT2D eigenvalue weighted by molar-refractivity contribution is -0.142. The highest BCUT2D eigenvalue weighted by molar-refractivity contribution is 6.30. The van der Waals surface area contributed by atoms with Gasteiger partial charge in [0.25, 0.3) is 5.91 Å². The maximum Gasteiger partial charge on any atom is 0.339 e. The minimum atomic E-state index is -0.764. The van der Waals surface area contributed by atoms with Crippen molar-refractivity contribution < 1.29 is 23.5 Å². The topological polar surface area (TPSA) is 75.7 Å². The summed E-state index contributed by atoms with van der Waals surface area (Å²) in [5.74, 6) is -2.10. The van der Waals surface area contributed by atoms with Gasteiger partial charge in [-0.1, -0.05) is 48.0 Å². The maximum absolute atomic E-state index is 13.4. The number of amides is 2. The number of para-hydroxylation sites is 2. The molecular weight excluding hydrogens is 447 g/mol. The average Bonchev–Trinajstić information content (AvgIpc) is 2.82. The number of carbonyl (C=O) groups is 3. The molecule has 4 rings (SSSR count). The second-order valence-corrected chi connectivity index (χ2v) is 7.67. The van der Waals surface area contributed by atoms with Gasteiger partial charge in [-0.25, -0.2) is 9.18 Å². The Labute approximate surface area is 194 Å². The molecule has 0 aromatic heterocycles. The normalized spacial score (nSPS) is 13.2. The maximum atomic E-state index is 13.4. The third kappa shape index (κ3) is 5.27. The highest BCUT2D eigenvalue weighted by Gasteiger charge is 2.27. The van der Waals surface area contributed by atoms with Crippen molar-refractivity contribution >= 4 is 52.4 Å². The van der Waals surface area contributed by atoms with E-state index in [1.807, 2.05) is 0 Å². The van der Waals surface area contributed by atoms with E-state index in [2.05, 4.69) is 5.32 Å². The summed E-state index contributed by atoms with van der Waals surface area (Å²) in [4.78, 5) is 39.0. The van der Waals surface area contributed by atoms with Crippen molar-refractivity contribution in [2.75, 3.05) is 23.4 Å². The summed E-state index contributed by atoms with van der Waals surface area (Å²) in [5.41, 5.74) is 2.26. The Bertz CT molecular complexity index is 1240. The van der Waals surface area contributed by atoms with Gasteiger partial charge in [-0.3, -0.25) is 14.5 Å². The van der Waals surface area contributed by atoms with Crippen LogP contribution in [-0.2, 0) is 19.1 Å². The molecule has 0 radical (unpaired) electrons. The van der Waals surface area contributed by atoms with Gasteiger partial charge >= 0.3 is 5.97 Å². The highest BCUT2D eigenvalue weighted by atomic mass is 35.5. The molecule has 33 heavy (non-hydrogen) atoms. The van der Waals surface area contributed by atoms with E-state index in [9.17, 15) is 18.8 Å². The van der Waals surface area contributed by atoms with E-state index in [-0.39, 0.29) is 18.0 Å². The Morgan fingerprint density at radius 1 is 1.03 bits per heavy atom. The largest absolute Gasteiger partial charge is 0.452 e. The molecule has 1 N–H and O–H groups in total. The number of hydrogen-bond acceptors (Lipinski definition) is 4. The number of nitrogens with one attached hydrogen (secondary N) is 1. The molecular formula is C25H18ClFN2O4. The van der Waals surface area contributed by atoms with Gasteiger partial charge in [-0.15, -0.1) is 0 Å². The Morgan fingerprint density at radius 3 is 2.45 bits per heavy atom. The molecule has 0 atom stereocenters. The van der Waals surface area contributed by atoms with Crippen molar-refractivity contribution in [2.24, 2.45) is 0 Å². The van der Waals surface area contributed by atoms with Crippen LogP contribution in [0.4, 0.5) is 15.8 Å². The first-order valence-corrected chi connectivity index (χ1v) is 10.4. The first-order valence-electron chi connectivity index (χ1n) is 10.0. The minimum Gasteiger partial charge on any atom is -0.452 e. The third-order valence-corrected chi connectivity index (χ3v) is 5.21. The van der Waals surface area contributed by atoms with Gasteiger partial charge < -0.3 is 10.1 Å². The Hall–Kier alpha value is -3.97. The van der Waals surface area contributed by atoms with Crippen LogP contribution in [0.5, 0.6) is 0 Å². The van der Waals surface area contributed by atoms with Crippen LogP contribution in [0.1, 0.15) is 11.1 Å². The fraction of sp³-hybridized carbons (Fsp3) is 0.0800. The van der Waals surface area contributed by atoms with Crippen molar-refractivity contribution in [1.82, 2.24) is 0 Å². The summed E-state index contributed by atoms with van der Waals surface area (Å²) < 4.78 is 18.7. The first kappa shape index (κ1) is 22.2. The molecule has 1 aliphatic heterocycles. The fourth-order valence-corrected chi connectivity index (χ4v) is 3.48. The van der Waals surface area contributed by atoms with Crippen LogP contribution in [0.15, 0.2) is 72.8 Å². The number of carbonyl (C=O) groups excluding carboxylic acids is 3. The van der Waals surface area contributed by atoms with Crippen LogP contribution < -0.4 is 10.2 Å². The molecule has 1 aliphatic rings. The van der Waals surface area contributed by atoms with E-state index in [0.717, 1.165) is 0 Å². The molecule has 0 fully saturated rings. The van der Waals surface area contributed by atoms with Crippen LogP contribution in [0.25, 0.3) is 11.6 Å². The number of halogens is 2. The number of anilines is 2. The quantitative estimate of drug-likeness (QED) is 0.341.